The molecular weight excluding hydrogens is 180 g/mol. The van der Waals surface area contributed by atoms with Gasteiger partial charge in [0, 0.05) is 5.56 Å². The molecular formula is C11H10O3. The molecule has 0 aromatic heterocycles. The summed E-state index contributed by atoms with van der Waals surface area (Å²) in [4.78, 5) is 10.8. The second-order valence-electron chi connectivity index (χ2n) is 3.29. The van der Waals surface area contributed by atoms with E-state index >= 15 is 0 Å². The number of rotatable bonds is 1. The molecule has 0 heterocycles. The van der Waals surface area contributed by atoms with Gasteiger partial charge in [0.05, 0.1) is 5.57 Å². The molecule has 72 valence electrons. The van der Waals surface area contributed by atoms with E-state index in [9.17, 15) is 9.90 Å². The van der Waals surface area contributed by atoms with Crippen molar-refractivity contribution < 1.29 is 15.0 Å². The van der Waals surface area contributed by atoms with Gasteiger partial charge in [-0.15, -0.1) is 0 Å². The molecule has 1 aliphatic carbocycles. The molecule has 1 aromatic carbocycles. The van der Waals surface area contributed by atoms with Crippen LogP contribution in [0.4, 0.5) is 0 Å². The standard InChI is InChI=1S/C11H10O3/c12-10-8-4-2-1-3-7(8)5-6-9(10)11(13)14/h1-4,12H,5-6H2,(H,13,14). The Hall–Kier alpha value is -1.77. The fourth-order valence-electron chi connectivity index (χ4n) is 1.72. The molecule has 0 atom stereocenters. The van der Waals surface area contributed by atoms with Gasteiger partial charge < -0.3 is 10.2 Å². The van der Waals surface area contributed by atoms with Crippen molar-refractivity contribution in [2.24, 2.45) is 0 Å². The molecule has 0 saturated carbocycles. The van der Waals surface area contributed by atoms with E-state index in [1.165, 1.54) is 0 Å². The molecule has 0 radical (unpaired) electrons. The van der Waals surface area contributed by atoms with Gasteiger partial charge in [-0.1, -0.05) is 24.3 Å². The van der Waals surface area contributed by atoms with E-state index in [-0.39, 0.29) is 11.3 Å². The monoisotopic (exact) mass is 190 g/mol. The van der Waals surface area contributed by atoms with Gasteiger partial charge in [-0.3, -0.25) is 0 Å². The molecule has 14 heavy (non-hydrogen) atoms. The van der Waals surface area contributed by atoms with Crippen molar-refractivity contribution in [3.05, 3.63) is 41.0 Å². The maximum Gasteiger partial charge on any atom is 0.335 e. The lowest BCUT2D eigenvalue weighted by Crippen LogP contribution is -2.11. The third-order valence-electron chi connectivity index (χ3n) is 2.46. The molecule has 1 aliphatic rings. The highest BCUT2D eigenvalue weighted by molar-refractivity contribution is 5.95. The van der Waals surface area contributed by atoms with Gasteiger partial charge in [0.1, 0.15) is 5.76 Å². The molecule has 0 spiro atoms. The molecule has 2 rings (SSSR count). The van der Waals surface area contributed by atoms with Gasteiger partial charge in [0.2, 0.25) is 0 Å². The minimum absolute atomic E-state index is 0.0839. The molecule has 0 bridgehead atoms. The molecule has 0 fully saturated rings. The average Bonchev–Trinajstić information content (AvgIpc) is 2.18. The highest BCUT2D eigenvalue weighted by Gasteiger charge is 2.22. The number of aryl methyl sites for hydroxylation is 1. The van der Waals surface area contributed by atoms with Crippen LogP contribution in [-0.4, -0.2) is 16.2 Å². The number of carboxylic acids is 1. The van der Waals surface area contributed by atoms with E-state index < -0.39 is 5.97 Å². The van der Waals surface area contributed by atoms with Crippen LogP contribution in [0.5, 0.6) is 0 Å². The van der Waals surface area contributed by atoms with Crippen molar-refractivity contribution in [2.75, 3.05) is 0 Å². The number of benzene rings is 1. The maximum absolute atomic E-state index is 10.8. The number of aliphatic hydroxyl groups excluding tert-OH is 1. The zero-order valence-electron chi connectivity index (χ0n) is 7.53. The lowest BCUT2D eigenvalue weighted by molar-refractivity contribution is -0.132. The highest BCUT2D eigenvalue weighted by atomic mass is 16.4. The van der Waals surface area contributed by atoms with Crippen LogP contribution >= 0.6 is 0 Å². The summed E-state index contributed by atoms with van der Waals surface area (Å²) in [5, 5.41) is 18.5. The van der Waals surface area contributed by atoms with Gasteiger partial charge in [0.25, 0.3) is 0 Å². The lowest BCUT2D eigenvalue weighted by atomic mass is 9.91. The first-order valence-electron chi connectivity index (χ1n) is 4.44. The third-order valence-corrected chi connectivity index (χ3v) is 2.46. The Labute approximate surface area is 81.3 Å². The van der Waals surface area contributed by atoms with Crippen LogP contribution in [0.15, 0.2) is 29.8 Å². The van der Waals surface area contributed by atoms with Crippen molar-refractivity contribution in [3.8, 4) is 0 Å². The summed E-state index contributed by atoms with van der Waals surface area (Å²) in [6.45, 7) is 0. The lowest BCUT2D eigenvalue weighted by Gasteiger charge is -2.16. The summed E-state index contributed by atoms with van der Waals surface area (Å²) in [5.41, 5.74) is 1.77. The van der Waals surface area contributed by atoms with Gasteiger partial charge >= 0.3 is 5.97 Å². The summed E-state index contributed by atoms with van der Waals surface area (Å²) in [6, 6.07) is 7.33. The Bertz CT molecular complexity index is 418. The molecule has 0 saturated heterocycles. The number of hydrogen-bond donors (Lipinski definition) is 2. The number of fused-ring (bicyclic) bond motifs is 1. The number of carboxylic acid groups (broad SMARTS) is 1. The van der Waals surface area contributed by atoms with Crippen LogP contribution in [0.25, 0.3) is 5.76 Å². The smallest absolute Gasteiger partial charge is 0.335 e. The van der Waals surface area contributed by atoms with Crippen molar-refractivity contribution in [1.29, 1.82) is 0 Å². The summed E-state index contributed by atoms with van der Waals surface area (Å²) in [7, 11) is 0. The second-order valence-corrected chi connectivity index (χ2v) is 3.29. The predicted octanol–water partition coefficient (Wildman–Crippen LogP) is 1.99. The Balaban J connectivity index is 2.56. The van der Waals surface area contributed by atoms with Crippen LogP contribution in [0, 0.1) is 0 Å². The van der Waals surface area contributed by atoms with Crippen molar-refractivity contribution in [3.63, 3.8) is 0 Å². The van der Waals surface area contributed by atoms with Gasteiger partial charge in [-0.05, 0) is 18.4 Å². The summed E-state index contributed by atoms with van der Waals surface area (Å²) >= 11 is 0. The van der Waals surface area contributed by atoms with E-state index in [1.807, 2.05) is 12.1 Å². The Morgan fingerprint density at radius 3 is 2.64 bits per heavy atom. The SMILES string of the molecule is O=C(O)C1=C(O)c2ccccc2CC1. The van der Waals surface area contributed by atoms with Crippen LogP contribution in [0.3, 0.4) is 0 Å². The molecule has 3 nitrogen and oxygen atoms in total. The van der Waals surface area contributed by atoms with E-state index in [2.05, 4.69) is 0 Å². The fourth-order valence-corrected chi connectivity index (χ4v) is 1.72. The Morgan fingerprint density at radius 2 is 1.93 bits per heavy atom. The zero-order valence-corrected chi connectivity index (χ0v) is 7.53. The number of aliphatic hydroxyl groups is 1. The van der Waals surface area contributed by atoms with Gasteiger partial charge in [-0.2, -0.15) is 0 Å². The quantitative estimate of drug-likeness (QED) is 0.711. The maximum atomic E-state index is 10.8. The molecule has 2 N–H and O–H groups in total. The molecule has 1 aromatic rings. The first-order valence-corrected chi connectivity index (χ1v) is 4.44. The number of aliphatic carboxylic acids is 1. The summed E-state index contributed by atoms with van der Waals surface area (Å²) in [5.74, 6) is -1.11. The Kier molecular flexibility index (Phi) is 2.00. The zero-order chi connectivity index (χ0) is 10.1. The van der Waals surface area contributed by atoms with E-state index in [0.29, 0.717) is 18.4 Å². The molecule has 3 heteroatoms. The molecule has 0 unspecified atom stereocenters. The minimum Gasteiger partial charge on any atom is -0.507 e. The van der Waals surface area contributed by atoms with E-state index in [0.717, 1.165) is 5.56 Å². The topological polar surface area (TPSA) is 57.5 Å². The largest absolute Gasteiger partial charge is 0.507 e. The van der Waals surface area contributed by atoms with Crippen LogP contribution < -0.4 is 0 Å². The fraction of sp³-hybridized carbons (Fsp3) is 0.182. The van der Waals surface area contributed by atoms with E-state index in [1.54, 1.807) is 12.1 Å². The predicted molar refractivity (Wildman–Crippen MR) is 51.9 cm³/mol. The van der Waals surface area contributed by atoms with E-state index in [4.69, 9.17) is 5.11 Å². The number of carbonyl (C=O) groups is 1. The van der Waals surface area contributed by atoms with Crippen LogP contribution in [-0.2, 0) is 11.2 Å². The van der Waals surface area contributed by atoms with Crippen LogP contribution in [0.2, 0.25) is 0 Å². The number of hydrogen-bond acceptors (Lipinski definition) is 2. The highest BCUT2D eigenvalue weighted by Crippen LogP contribution is 2.29. The summed E-state index contributed by atoms with van der Waals surface area (Å²) in [6.07, 6.45) is 1.08. The second kappa shape index (κ2) is 3.18. The molecule has 0 aliphatic heterocycles. The first kappa shape index (κ1) is 8.81. The van der Waals surface area contributed by atoms with Gasteiger partial charge in [-0.25, -0.2) is 4.79 Å². The van der Waals surface area contributed by atoms with Gasteiger partial charge in [0.15, 0.2) is 0 Å². The van der Waals surface area contributed by atoms with Crippen molar-refractivity contribution >= 4 is 11.7 Å². The third kappa shape index (κ3) is 1.27. The normalized spacial score (nSPS) is 15.1. The van der Waals surface area contributed by atoms with Crippen molar-refractivity contribution in [2.45, 2.75) is 12.8 Å². The Morgan fingerprint density at radius 1 is 1.21 bits per heavy atom. The molecule has 0 amide bonds. The first-order chi connectivity index (χ1) is 6.70. The summed E-state index contributed by atoms with van der Waals surface area (Å²) < 4.78 is 0. The van der Waals surface area contributed by atoms with Crippen LogP contribution in [0.1, 0.15) is 17.5 Å². The van der Waals surface area contributed by atoms with Crippen molar-refractivity contribution in [1.82, 2.24) is 0 Å². The average molecular weight is 190 g/mol. The minimum atomic E-state index is -1.03.